The molecule has 0 aliphatic heterocycles. The van der Waals surface area contributed by atoms with Gasteiger partial charge in [0.1, 0.15) is 5.82 Å². The van der Waals surface area contributed by atoms with Crippen molar-refractivity contribution >= 4 is 17.4 Å². The molecular weight excluding hydrogens is 248 g/mol. The highest BCUT2D eigenvalue weighted by atomic mass is 16.3. The Morgan fingerprint density at radius 1 is 1.42 bits per heavy atom. The summed E-state index contributed by atoms with van der Waals surface area (Å²) in [6.07, 6.45) is 1.57. The van der Waals surface area contributed by atoms with E-state index in [1.165, 1.54) is 0 Å². The first-order valence-corrected chi connectivity index (χ1v) is 6.07. The van der Waals surface area contributed by atoms with E-state index in [1.54, 1.807) is 30.2 Å². The van der Waals surface area contributed by atoms with Crippen molar-refractivity contribution < 1.29 is 15.0 Å². The van der Waals surface area contributed by atoms with E-state index in [0.717, 1.165) is 5.69 Å². The summed E-state index contributed by atoms with van der Waals surface area (Å²) in [5, 5.41) is 20.5. The van der Waals surface area contributed by atoms with Crippen molar-refractivity contribution in [2.45, 2.75) is 13.0 Å². The van der Waals surface area contributed by atoms with Gasteiger partial charge in [-0.15, -0.1) is 0 Å². The number of anilines is 2. The summed E-state index contributed by atoms with van der Waals surface area (Å²) in [4.78, 5) is 17.3. The Morgan fingerprint density at radius 3 is 2.47 bits per heavy atom. The lowest BCUT2D eigenvalue weighted by molar-refractivity contribution is -0.117. The predicted molar refractivity (Wildman–Crippen MR) is 72.9 cm³/mol. The lowest BCUT2D eigenvalue weighted by atomic mass is 10.3. The van der Waals surface area contributed by atoms with E-state index in [1.807, 2.05) is 0 Å². The van der Waals surface area contributed by atoms with Crippen LogP contribution >= 0.6 is 0 Å². The van der Waals surface area contributed by atoms with Crippen LogP contribution in [0.4, 0.5) is 11.5 Å². The number of nitrogens with zero attached hydrogens (tertiary/aromatic N) is 2. The minimum Gasteiger partial charge on any atom is -0.395 e. The molecule has 0 bridgehead atoms. The van der Waals surface area contributed by atoms with E-state index >= 15 is 0 Å². The summed E-state index contributed by atoms with van der Waals surface area (Å²) in [5.74, 6) is 0.113. The SMILES string of the molecule is CC(N)C(=O)Nc1ccc(N(CCO)CCO)cn1. The molecule has 1 atom stereocenters. The molecule has 0 aromatic carbocycles. The zero-order chi connectivity index (χ0) is 14.3. The predicted octanol–water partition coefficient (Wildman–Crippen LogP) is -0.842. The topological polar surface area (TPSA) is 112 Å². The Balaban J connectivity index is 2.71. The van der Waals surface area contributed by atoms with Crippen LogP contribution in [0.15, 0.2) is 18.3 Å². The number of nitrogens with two attached hydrogens (primary N) is 1. The van der Waals surface area contributed by atoms with Crippen LogP contribution in [0.5, 0.6) is 0 Å². The standard InChI is InChI=1S/C12H20N4O3/c1-9(13)12(19)15-11-3-2-10(8-14-11)16(4-6-17)5-7-18/h2-3,8-9,17-18H,4-7,13H2,1H3,(H,14,15,19). The zero-order valence-electron chi connectivity index (χ0n) is 10.9. The second-order valence-electron chi connectivity index (χ2n) is 4.11. The van der Waals surface area contributed by atoms with Gasteiger partial charge in [-0.3, -0.25) is 4.79 Å². The van der Waals surface area contributed by atoms with Crippen LogP contribution in [0.3, 0.4) is 0 Å². The van der Waals surface area contributed by atoms with Crippen molar-refractivity contribution in [2.24, 2.45) is 5.73 Å². The summed E-state index contributed by atoms with van der Waals surface area (Å²) in [6.45, 7) is 2.39. The fourth-order valence-electron chi connectivity index (χ4n) is 1.50. The molecule has 5 N–H and O–H groups in total. The van der Waals surface area contributed by atoms with Gasteiger partial charge in [0.25, 0.3) is 0 Å². The highest BCUT2D eigenvalue weighted by molar-refractivity contribution is 5.93. The number of pyridine rings is 1. The number of carbonyl (C=O) groups excluding carboxylic acids is 1. The second kappa shape index (κ2) is 7.67. The fourth-order valence-corrected chi connectivity index (χ4v) is 1.50. The smallest absolute Gasteiger partial charge is 0.242 e. The van der Waals surface area contributed by atoms with Gasteiger partial charge in [0.15, 0.2) is 0 Å². The number of hydrogen-bond acceptors (Lipinski definition) is 6. The molecule has 0 aliphatic carbocycles. The van der Waals surface area contributed by atoms with E-state index in [9.17, 15) is 4.79 Å². The quantitative estimate of drug-likeness (QED) is 0.513. The first kappa shape index (κ1) is 15.4. The van der Waals surface area contributed by atoms with Crippen molar-refractivity contribution in [1.82, 2.24) is 4.98 Å². The largest absolute Gasteiger partial charge is 0.395 e. The molecule has 0 fully saturated rings. The van der Waals surface area contributed by atoms with Gasteiger partial charge in [-0.25, -0.2) is 4.98 Å². The molecule has 0 saturated heterocycles. The lowest BCUT2D eigenvalue weighted by Crippen LogP contribution is -2.33. The molecule has 19 heavy (non-hydrogen) atoms. The van der Waals surface area contributed by atoms with Gasteiger partial charge in [-0.05, 0) is 19.1 Å². The maximum Gasteiger partial charge on any atom is 0.242 e. The molecule has 7 nitrogen and oxygen atoms in total. The number of aliphatic hydroxyl groups excluding tert-OH is 2. The van der Waals surface area contributed by atoms with E-state index in [-0.39, 0.29) is 19.1 Å². The molecule has 7 heteroatoms. The number of aliphatic hydroxyl groups is 2. The Hall–Kier alpha value is -1.70. The van der Waals surface area contributed by atoms with Crippen LogP contribution in [0, 0.1) is 0 Å². The number of rotatable bonds is 7. The van der Waals surface area contributed by atoms with E-state index < -0.39 is 6.04 Å². The summed E-state index contributed by atoms with van der Waals surface area (Å²) in [5.41, 5.74) is 6.20. The number of aromatic nitrogens is 1. The monoisotopic (exact) mass is 268 g/mol. The third-order valence-electron chi connectivity index (χ3n) is 2.52. The summed E-state index contributed by atoms with van der Waals surface area (Å²) >= 11 is 0. The molecular formula is C12H20N4O3. The number of hydrogen-bond donors (Lipinski definition) is 4. The third-order valence-corrected chi connectivity index (χ3v) is 2.52. The van der Waals surface area contributed by atoms with Gasteiger partial charge in [-0.1, -0.05) is 0 Å². The summed E-state index contributed by atoms with van der Waals surface area (Å²) in [6, 6.07) is 2.81. The summed E-state index contributed by atoms with van der Waals surface area (Å²) < 4.78 is 0. The average Bonchev–Trinajstić information content (AvgIpc) is 2.39. The van der Waals surface area contributed by atoms with Crippen molar-refractivity contribution in [3.63, 3.8) is 0 Å². The van der Waals surface area contributed by atoms with Gasteiger partial charge in [0.05, 0.1) is 31.1 Å². The van der Waals surface area contributed by atoms with Crippen molar-refractivity contribution in [3.05, 3.63) is 18.3 Å². The van der Waals surface area contributed by atoms with Crippen LogP contribution in [0.25, 0.3) is 0 Å². The molecule has 1 heterocycles. The van der Waals surface area contributed by atoms with Gasteiger partial charge >= 0.3 is 0 Å². The zero-order valence-corrected chi connectivity index (χ0v) is 10.9. The van der Waals surface area contributed by atoms with Crippen molar-refractivity contribution in [1.29, 1.82) is 0 Å². The third kappa shape index (κ3) is 4.82. The highest BCUT2D eigenvalue weighted by Gasteiger charge is 2.09. The molecule has 1 aromatic heterocycles. The Labute approximate surface area is 112 Å². The second-order valence-corrected chi connectivity index (χ2v) is 4.11. The van der Waals surface area contributed by atoms with Gasteiger partial charge in [0.2, 0.25) is 5.91 Å². The first-order chi connectivity index (χ1) is 9.08. The number of carbonyl (C=O) groups is 1. The lowest BCUT2D eigenvalue weighted by Gasteiger charge is -2.22. The van der Waals surface area contributed by atoms with E-state index in [0.29, 0.717) is 18.9 Å². The maximum atomic E-state index is 11.4. The molecule has 1 unspecified atom stereocenters. The Bertz CT molecular complexity index is 388. The van der Waals surface area contributed by atoms with Gasteiger partial charge < -0.3 is 26.2 Å². The Kier molecular flexibility index (Phi) is 6.20. The van der Waals surface area contributed by atoms with Crippen LogP contribution in [-0.4, -0.2) is 53.4 Å². The van der Waals surface area contributed by atoms with E-state index in [4.69, 9.17) is 15.9 Å². The fraction of sp³-hybridized carbons (Fsp3) is 0.500. The molecule has 0 radical (unpaired) electrons. The van der Waals surface area contributed by atoms with E-state index in [2.05, 4.69) is 10.3 Å². The van der Waals surface area contributed by atoms with Crippen molar-refractivity contribution in [2.75, 3.05) is 36.5 Å². The minimum absolute atomic E-state index is 0.0107. The molecule has 106 valence electrons. The molecule has 1 aromatic rings. The molecule has 1 amide bonds. The van der Waals surface area contributed by atoms with Crippen LogP contribution in [0.1, 0.15) is 6.92 Å². The first-order valence-electron chi connectivity index (χ1n) is 6.07. The van der Waals surface area contributed by atoms with Crippen LogP contribution in [0.2, 0.25) is 0 Å². The summed E-state index contributed by atoms with van der Waals surface area (Å²) in [7, 11) is 0. The van der Waals surface area contributed by atoms with Crippen LogP contribution < -0.4 is 16.0 Å². The average molecular weight is 268 g/mol. The Morgan fingerprint density at radius 2 is 2.05 bits per heavy atom. The van der Waals surface area contributed by atoms with Gasteiger partial charge in [-0.2, -0.15) is 0 Å². The van der Waals surface area contributed by atoms with Crippen molar-refractivity contribution in [3.8, 4) is 0 Å². The minimum atomic E-state index is -0.596. The molecule has 0 saturated carbocycles. The molecule has 1 rings (SSSR count). The number of amides is 1. The maximum absolute atomic E-state index is 11.4. The molecule has 0 aliphatic rings. The van der Waals surface area contributed by atoms with Crippen LogP contribution in [-0.2, 0) is 4.79 Å². The normalized spacial score (nSPS) is 12.0. The highest BCUT2D eigenvalue weighted by Crippen LogP contribution is 2.14. The van der Waals surface area contributed by atoms with Gasteiger partial charge in [0, 0.05) is 13.1 Å². The number of nitrogens with one attached hydrogen (secondary N) is 1. The molecule has 0 spiro atoms.